The van der Waals surface area contributed by atoms with Crippen molar-refractivity contribution in [1.29, 1.82) is 0 Å². The molecule has 0 saturated carbocycles. The molecule has 2 N–H and O–H groups in total. The molecule has 3 saturated heterocycles. The van der Waals surface area contributed by atoms with Gasteiger partial charge < -0.3 is 5.73 Å². The van der Waals surface area contributed by atoms with Crippen LogP contribution < -0.4 is 5.73 Å². The Labute approximate surface area is 122 Å². The zero-order chi connectivity index (χ0) is 13.5. The second-order valence-electron chi connectivity index (χ2n) is 6.77. The highest BCUT2D eigenvalue weighted by Gasteiger charge is 2.51. The van der Waals surface area contributed by atoms with E-state index in [0.717, 1.165) is 23.1 Å². The van der Waals surface area contributed by atoms with Crippen molar-refractivity contribution < 1.29 is 0 Å². The number of piperidine rings is 1. The maximum absolute atomic E-state index is 6.32. The Hall–Kier alpha value is 0.230. The molecule has 0 spiro atoms. The van der Waals surface area contributed by atoms with Crippen LogP contribution >= 0.6 is 11.8 Å². The summed E-state index contributed by atoms with van der Waals surface area (Å²) < 4.78 is 0. The van der Waals surface area contributed by atoms with Gasteiger partial charge in [0.2, 0.25) is 0 Å². The number of nitrogens with zero attached hydrogens (tertiary/aromatic N) is 2. The maximum Gasteiger partial charge on any atom is 0.0499 e. The van der Waals surface area contributed by atoms with Gasteiger partial charge in [0.15, 0.2) is 0 Å². The molecule has 0 bridgehead atoms. The van der Waals surface area contributed by atoms with E-state index in [2.05, 4.69) is 35.4 Å². The highest BCUT2D eigenvalue weighted by Crippen LogP contribution is 2.41. The summed E-state index contributed by atoms with van der Waals surface area (Å²) in [7, 11) is 0. The Kier molecular flexibility index (Phi) is 4.14. The first-order valence-corrected chi connectivity index (χ1v) is 8.94. The van der Waals surface area contributed by atoms with Gasteiger partial charge >= 0.3 is 0 Å². The second kappa shape index (κ2) is 5.55. The minimum atomic E-state index is 0.282. The minimum absolute atomic E-state index is 0.282. The largest absolute Gasteiger partial charge is 0.329 e. The number of hydrogen-bond acceptors (Lipinski definition) is 4. The van der Waals surface area contributed by atoms with Crippen molar-refractivity contribution in [3.8, 4) is 0 Å². The second-order valence-corrected chi connectivity index (χ2v) is 8.65. The van der Waals surface area contributed by atoms with Crippen LogP contribution in [0.4, 0.5) is 0 Å². The first-order chi connectivity index (χ1) is 9.15. The fraction of sp³-hybridized carbons (Fsp3) is 1.00. The molecule has 3 aliphatic heterocycles. The van der Waals surface area contributed by atoms with Gasteiger partial charge in [-0.1, -0.05) is 20.3 Å². The summed E-state index contributed by atoms with van der Waals surface area (Å²) in [5, 5.41) is 1.51. The first-order valence-electron chi connectivity index (χ1n) is 8.00. The molecule has 4 heteroatoms. The lowest BCUT2D eigenvalue weighted by Crippen LogP contribution is -2.64. The van der Waals surface area contributed by atoms with E-state index in [9.17, 15) is 0 Å². The van der Waals surface area contributed by atoms with Crippen LogP contribution in [0.25, 0.3) is 0 Å². The molecule has 3 heterocycles. The molecule has 110 valence electrons. The fourth-order valence-corrected chi connectivity index (χ4v) is 5.97. The maximum atomic E-state index is 6.32. The molecule has 0 radical (unpaired) electrons. The van der Waals surface area contributed by atoms with Crippen LogP contribution in [0.2, 0.25) is 0 Å². The molecule has 19 heavy (non-hydrogen) atoms. The van der Waals surface area contributed by atoms with Crippen molar-refractivity contribution in [2.45, 2.75) is 61.6 Å². The van der Waals surface area contributed by atoms with E-state index in [-0.39, 0.29) is 5.54 Å². The molecular weight excluding hydrogens is 254 g/mol. The third kappa shape index (κ3) is 2.45. The van der Waals surface area contributed by atoms with Gasteiger partial charge in [-0.05, 0) is 25.8 Å². The zero-order valence-corrected chi connectivity index (χ0v) is 13.3. The van der Waals surface area contributed by atoms with Crippen molar-refractivity contribution in [2.75, 3.05) is 32.7 Å². The normalized spacial score (nSPS) is 45.3. The predicted octanol–water partition coefficient (Wildman–Crippen LogP) is 1.77. The summed E-state index contributed by atoms with van der Waals surface area (Å²) in [6, 6.07) is 0.730. The van der Waals surface area contributed by atoms with Crippen molar-refractivity contribution in [3.63, 3.8) is 0 Å². The Morgan fingerprint density at radius 1 is 1.16 bits per heavy atom. The van der Waals surface area contributed by atoms with Crippen LogP contribution in [0, 0.1) is 0 Å². The Morgan fingerprint density at radius 3 is 2.58 bits per heavy atom. The zero-order valence-electron chi connectivity index (χ0n) is 12.5. The number of hydrogen-bond donors (Lipinski definition) is 1. The topological polar surface area (TPSA) is 32.5 Å². The molecule has 0 aromatic carbocycles. The third-order valence-electron chi connectivity index (χ3n) is 5.47. The van der Waals surface area contributed by atoms with E-state index in [1.54, 1.807) is 0 Å². The lowest BCUT2D eigenvalue weighted by atomic mass is 9.83. The highest BCUT2D eigenvalue weighted by atomic mass is 32.2. The van der Waals surface area contributed by atoms with E-state index in [1.807, 2.05) is 0 Å². The van der Waals surface area contributed by atoms with Crippen molar-refractivity contribution in [2.24, 2.45) is 5.73 Å². The summed E-state index contributed by atoms with van der Waals surface area (Å²) in [6.07, 6.45) is 5.44. The number of nitrogens with two attached hydrogens (primary N) is 1. The Morgan fingerprint density at radius 2 is 1.89 bits per heavy atom. The first kappa shape index (κ1) is 14.2. The van der Waals surface area contributed by atoms with Crippen molar-refractivity contribution in [1.82, 2.24) is 9.80 Å². The van der Waals surface area contributed by atoms with Crippen LogP contribution in [-0.2, 0) is 0 Å². The van der Waals surface area contributed by atoms with E-state index < -0.39 is 0 Å². The van der Waals surface area contributed by atoms with Crippen LogP contribution in [-0.4, -0.2) is 64.6 Å². The SMILES string of the molecule is CC1CN(C2(CN)CCN3CCCCC32)CC(C)S1. The van der Waals surface area contributed by atoms with Gasteiger partial charge in [0.05, 0.1) is 0 Å². The van der Waals surface area contributed by atoms with Gasteiger partial charge in [0.25, 0.3) is 0 Å². The Balaban J connectivity index is 1.82. The van der Waals surface area contributed by atoms with Crippen LogP contribution in [0.1, 0.15) is 39.5 Å². The summed E-state index contributed by atoms with van der Waals surface area (Å²) in [4.78, 5) is 5.50. The molecule has 0 aromatic heterocycles. The average Bonchev–Trinajstić information content (AvgIpc) is 2.77. The number of thioether (sulfide) groups is 1. The summed E-state index contributed by atoms with van der Waals surface area (Å²) in [5.74, 6) is 0. The summed E-state index contributed by atoms with van der Waals surface area (Å²) >= 11 is 2.15. The standard InChI is InChI=1S/C15H29N3S/c1-12-9-18(10-13(2)19-12)15(11-16)6-8-17-7-4-3-5-14(15)17/h12-14H,3-11,16H2,1-2H3. The molecule has 0 aliphatic carbocycles. The molecule has 0 aromatic rings. The minimum Gasteiger partial charge on any atom is -0.329 e. The summed E-state index contributed by atoms with van der Waals surface area (Å²) in [6.45, 7) is 10.6. The molecule has 3 fully saturated rings. The molecular formula is C15H29N3S. The lowest BCUT2D eigenvalue weighted by molar-refractivity contribution is 0.0363. The van der Waals surface area contributed by atoms with Crippen molar-refractivity contribution >= 4 is 11.8 Å². The van der Waals surface area contributed by atoms with E-state index >= 15 is 0 Å². The lowest BCUT2D eigenvalue weighted by Gasteiger charge is -2.51. The van der Waals surface area contributed by atoms with E-state index in [0.29, 0.717) is 0 Å². The smallest absolute Gasteiger partial charge is 0.0499 e. The quantitative estimate of drug-likeness (QED) is 0.837. The molecule has 0 amide bonds. The van der Waals surface area contributed by atoms with Gasteiger partial charge in [0.1, 0.15) is 0 Å². The number of rotatable bonds is 2. The van der Waals surface area contributed by atoms with Gasteiger partial charge in [-0.15, -0.1) is 0 Å². The van der Waals surface area contributed by atoms with Gasteiger partial charge in [0, 0.05) is 48.3 Å². The average molecular weight is 283 g/mol. The van der Waals surface area contributed by atoms with Gasteiger partial charge in [-0.3, -0.25) is 9.80 Å². The molecule has 4 atom stereocenters. The molecule has 3 aliphatic rings. The third-order valence-corrected chi connectivity index (χ3v) is 6.70. The van der Waals surface area contributed by atoms with E-state index in [4.69, 9.17) is 5.73 Å². The van der Waals surface area contributed by atoms with Crippen LogP contribution in [0.5, 0.6) is 0 Å². The fourth-order valence-electron chi connectivity index (χ4n) is 4.65. The van der Waals surface area contributed by atoms with Gasteiger partial charge in [-0.2, -0.15) is 11.8 Å². The van der Waals surface area contributed by atoms with Gasteiger partial charge in [-0.25, -0.2) is 0 Å². The summed E-state index contributed by atoms with van der Waals surface area (Å²) in [5.41, 5.74) is 6.60. The van der Waals surface area contributed by atoms with Crippen LogP contribution in [0.15, 0.2) is 0 Å². The predicted molar refractivity (Wildman–Crippen MR) is 83.7 cm³/mol. The Bertz CT molecular complexity index is 315. The molecule has 4 unspecified atom stereocenters. The number of fused-ring (bicyclic) bond motifs is 1. The van der Waals surface area contributed by atoms with Crippen LogP contribution in [0.3, 0.4) is 0 Å². The monoisotopic (exact) mass is 283 g/mol. The molecule has 3 nitrogen and oxygen atoms in total. The highest BCUT2D eigenvalue weighted by molar-refractivity contribution is 8.00. The van der Waals surface area contributed by atoms with E-state index in [1.165, 1.54) is 51.9 Å². The van der Waals surface area contributed by atoms with Crippen molar-refractivity contribution in [3.05, 3.63) is 0 Å². The molecule has 3 rings (SSSR count).